The first-order valence-electron chi connectivity index (χ1n) is 6.52. The van der Waals surface area contributed by atoms with Crippen LogP contribution in [0.15, 0.2) is 0 Å². The molecular formula is C13H21NO6. The standard InChI is InChI=1S/C13H21NO6/c1-8(6-10(15)18-2)11(13(17)19-3)14-12(16)9-4-5-20-7-9/h8-9,11H,4-7H2,1-3H3,(H,14,16)/t8-,9-,11-/m0/s1. The van der Waals surface area contributed by atoms with Gasteiger partial charge in [-0.1, -0.05) is 6.92 Å². The van der Waals surface area contributed by atoms with Crippen LogP contribution in [-0.4, -0.2) is 51.3 Å². The van der Waals surface area contributed by atoms with Crippen molar-refractivity contribution in [2.75, 3.05) is 27.4 Å². The van der Waals surface area contributed by atoms with E-state index in [0.29, 0.717) is 19.6 Å². The van der Waals surface area contributed by atoms with Crippen LogP contribution in [0.3, 0.4) is 0 Å². The molecular weight excluding hydrogens is 266 g/mol. The van der Waals surface area contributed by atoms with Crippen LogP contribution in [0.25, 0.3) is 0 Å². The average Bonchev–Trinajstić information content (AvgIpc) is 2.97. The lowest BCUT2D eigenvalue weighted by atomic mass is 9.97. The first-order valence-corrected chi connectivity index (χ1v) is 6.52. The third kappa shape index (κ3) is 4.48. The molecule has 114 valence electrons. The van der Waals surface area contributed by atoms with Gasteiger partial charge in [-0.05, 0) is 12.3 Å². The third-order valence-corrected chi connectivity index (χ3v) is 3.34. The van der Waals surface area contributed by atoms with E-state index >= 15 is 0 Å². The fraction of sp³-hybridized carbons (Fsp3) is 0.769. The maximum atomic E-state index is 12.0. The molecule has 0 radical (unpaired) electrons. The predicted molar refractivity (Wildman–Crippen MR) is 68.7 cm³/mol. The second kappa shape index (κ2) is 7.84. The molecule has 0 bridgehead atoms. The second-order valence-electron chi connectivity index (χ2n) is 4.83. The Bertz CT molecular complexity index is 364. The molecule has 1 rings (SSSR count). The Morgan fingerprint density at radius 2 is 2.00 bits per heavy atom. The molecule has 1 fully saturated rings. The first-order chi connectivity index (χ1) is 9.49. The molecule has 0 spiro atoms. The van der Waals surface area contributed by atoms with E-state index in [9.17, 15) is 14.4 Å². The van der Waals surface area contributed by atoms with E-state index in [1.807, 2.05) is 0 Å². The van der Waals surface area contributed by atoms with Crippen LogP contribution in [0.1, 0.15) is 19.8 Å². The van der Waals surface area contributed by atoms with Crippen LogP contribution in [0.4, 0.5) is 0 Å². The van der Waals surface area contributed by atoms with Crippen molar-refractivity contribution in [3.63, 3.8) is 0 Å². The molecule has 1 saturated heterocycles. The lowest BCUT2D eigenvalue weighted by molar-refractivity contribution is -0.149. The molecule has 20 heavy (non-hydrogen) atoms. The molecule has 7 heteroatoms. The molecule has 0 aromatic carbocycles. The lowest BCUT2D eigenvalue weighted by Gasteiger charge is -2.23. The summed E-state index contributed by atoms with van der Waals surface area (Å²) in [5, 5.41) is 2.64. The zero-order valence-corrected chi connectivity index (χ0v) is 12.0. The van der Waals surface area contributed by atoms with Gasteiger partial charge in [-0.2, -0.15) is 0 Å². The number of ether oxygens (including phenoxy) is 3. The Kier molecular flexibility index (Phi) is 6.44. The third-order valence-electron chi connectivity index (χ3n) is 3.34. The maximum Gasteiger partial charge on any atom is 0.328 e. The van der Waals surface area contributed by atoms with Crippen LogP contribution in [0.2, 0.25) is 0 Å². The number of hydrogen-bond acceptors (Lipinski definition) is 6. The van der Waals surface area contributed by atoms with E-state index in [-0.39, 0.29) is 18.2 Å². The number of hydrogen-bond donors (Lipinski definition) is 1. The fourth-order valence-electron chi connectivity index (χ4n) is 2.04. The molecule has 1 aliphatic heterocycles. The minimum Gasteiger partial charge on any atom is -0.469 e. The van der Waals surface area contributed by atoms with Gasteiger partial charge < -0.3 is 19.5 Å². The summed E-state index contributed by atoms with van der Waals surface area (Å²) in [6.45, 7) is 2.58. The van der Waals surface area contributed by atoms with E-state index < -0.39 is 23.9 Å². The van der Waals surface area contributed by atoms with Gasteiger partial charge in [-0.15, -0.1) is 0 Å². The molecule has 0 saturated carbocycles. The van der Waals surface area contributed by atoms with Crippen LogP contribution in [0, 0.1) is 11.8 Å². The number of rotatable bonds is 6. The topological polar surface area (TPSA) is 90.9 Å². The van der Waals surface area contributed by atoms with Crippen molar-refractivity contribution in [1.29, 1.82) is 0 Å². The van der Waals surface area contributed by atoms with Crippen molar-refractivity contribution in [3.05, 3.63) is 0 Å². The van der Waals surface area contributed by atoms with Crippen LogP contribution in [0.5, 0.6) is 0 Å². The zero-order valence-electron chi connectivity index (χ0n) is 12.0. The second-order valence-corrected chi connectivity index (χ2v) is 4.83. The van der Waals surface area contributed by atoms with Crippen molar-refractivity contribution in [2.45, 2.75) is 25.8 Å². The summed E-state index contributed by atoms with van der Waals surface area (Å²) in [6.07, 6.45) is 0.656. The highest BCUT2D eigenvalue weighted by molar-refractivity contribution is 5.86. The van der Waals surface area contributed by atoms with Gasteiger partial charge in [-0.3, -0.25) is 9.59 Å². The molecule has 1 N–H and O–H groups in total. The van der Waals surface area contributed by atoms with E-state index in [0.717, 1.165) is 0 Å². The maximum absolute atomic E-state index is 12.0. The van der Waals surface area contributed by atoms with Gasteiger partial charge in [0.05, 0.1) is 33.2 Å². The molecule has 0 aromatic rings. The molecule has 3 atom stereocenters. The minimum absolute atomic E-state index is 0.0255. The quantitative estimate of drug-likeness (QED) is 0.685. The normalized spacial score (nSPS) is 20.9. The van der Waals surface area contributed by atoms with Crippen LogP contribution >= 0.6 is 0 Å². The van der Waals surface area contributed by atoms with Crippen molar-refractivity contribution >= 4 is 17.8 Å². The molecule has 1 aliphatic rings. The largest absolute Gasteiger partial charge is 0.469 e. The van der Waals surface area contributed by atoms with Gasteiger partial charge in [0.15, 0.2) is 0 Å². The number of nitrogens with one attached hydrogen (secondary N) is 1. The van der Waals surface area contributed by atoms with Gasteiger partial charge in [-0.25, -0.2) is 4.79 Å². The molecule has 0 aromatic heterocycles. The Hall–Kier alpha value is -1.63. The first kappa shape index (κ1) is 16.4. The summed E-state index contributed by atoms with van der Waals surface area (Å²) in [5.41, 5.74) is 0. The molecule has 1 heterocycles. The molecule has 1 amide bonds. The highest BCUT2D eigenvalue weighted by Gasteiger charge is 2.32. The number of carbonyl (C=O) groups excluding carboxylic acids is 3. The summed E-state index contributed by atoms with van der Waals surface area (Å²) in [6, 6.07) is -0.868. The number of esters is 2. The van der Waals surface area contributed by atoms with Gasteiger partial charge in [0, 0.05) is 6.61 Å². The number of methoxy groups -OCH3 is 2. The zero-order chi connectivity index (χ0) is 15.1. The SMILES string of the molecule is COC(=O)C[C@H](C)[C@H](NC(=O)[C@H]1CCOC1)C(=O)OC. The Balaban J connectivity index is 2.65. The number of carbonyl (C=O) groups is 3. The van der Waals surface area contributed by atoms with Gasteiger partial charge >= 0.3 is 11.9 Å². The highest BCUT2D eigenvalue weighted by atomic mass is 16.5. The van der Waals surface area contributed by atoms with Crippen molar-refractivity contribution < 1.29 is 28.6 Å². The van der Waals surface area contributed by atoms with Crippen molar-refractivity contribution in [1.82, 2.24) is 5.32 Å². The number of amides is 1. The summed E-state index contributed by atoms with van der Waals surface area (Å²) in [5.74, 6) is -1.94. The van der Waals surface area contributed by atoms with Gasteiger partial charge in [0.25, 0.3) is 0 Å². The minimum atomic E-state index is -0.868. The summed E-state index contributed by atoms with van der Waals surface area (Å²) < 4.78 is 14.4. The molecule has 7 nitrogen and oxygen atoms in total. The van der Waals surface area contributed by atoms with Gasteiger partial charge in [0.1, 0.15) is 6.04 Å². The van der Waals surface area contributed by atoms with E-state index in [1.165, 1.54) is 14.2 Å². The summed E-state index contributed by atoms with van der Waals surface area (Å²) >= 11 is 0. The highest BCUT2D eigenvalue weighted by Crippen LogP contribution is 2.15. The van der Waals surface area contributed by atoms with Gasteiger partial charge in [0.2, 0.25) is 5.91 Å². The van der Waals surface area contributed by atoms with E-state index in [2.05, 4.69) is 14.8 Å². The fourth-order valence-corrected chi connectivity index (χ4v) is 2.04. The predicted octanol–water partition coefficient (Wildman–Crippen LogP) is -0.120. The Morgan fingerprint density at radius 3 is 2.50 bits per heavy atom. The lowest BCUT2D eigenvalue weighted by Crippen LogP contribution is -2.48. The summed E-state index contributed by atoms with van der Waals surface area (Å²) in [7, 11) is 2.52. The van der Waals surface area contributed by atoms with Crippen LogP contribution in [-0.2, 0) is 28.6 Å². The van der Waals surface area contributed by atoms with E-state index in [4.69, 9.17) is 4.74 Å². The molecule has 0 unspecified atom stereocenters. The average molecular weight is 287 g/mol. The molecule has 0 aliphatic carbocycles. The van der Waals surface area contributed by atoms with E-state index in [1.54, 1.807) is 6.92 Å². The van der Waals surface area contributed by atoms with Crippen molar-refractivity contribution in [3.8, 4) is 0 Å². The van der Waals surface area contributed by atoms with Crippen LogP contribution < -0.4 is 5.32 Å². The summed E-state index contributed by atoms with van der Waals surface area (Å²) in [4.78, 5) is 35.0. The smallest absolute Gasteiger partial charge is 0.328 e. The van der Waals surface area contributed by atoms with Crippen molar-refractivity contribution in [2.24, 2.45) is 11.8 Å². The Morgan fingerprint density at radius 1 is 1.30 bits per heavy atom. The Labute approximate surface area is 117 Å². The monoisotopic (exact) mass is 287 g/mol.